The first-order valence-electron chi connectivity index (χ1n) is 8.72. The Kier molecular flexibility index (Phi) is 9.86. The summed E-state index contributed by atoms with van der Waals surface area (Å²) in [7, 11) is -2.65. The van der Waals surface area contributed by atoms with Gasteiger partial charge in [-0.25, -0.2) is 0 Å². The Bertz CT molecular complexity index is 449. The van der Waals surface area contributed by atoms with Crippen molar-refractivity contribution >= 4 is 14.8 Å². The van der Waals surface area contributed by atoms with Crippen LogP contribution in [0.15, 0.2) is 30.3 Å². The van der Waals surface area contributed by atoms with Gasteiger partial charge in [0.15, 0.2) is 0 Å². The molecule has 0 saturated carbocycles. The highest BCUT2D eigenvalue weighted by molar-refractivity contribution is 6.60. The van der Waals surface area contributed by atoms with Crippen molar-refractivity contribution in [3.05, 3.63) is 35.9 Å². The summed E-state index contributed by atoms with van der Waals surface area (Å²) in [6.45, 7) is 9.66. The van der Waals surface area contributed by atoms with Crippen molar-refractivity contribution in [1.29, 1.82) is 0 Å². The number of hydrogen-bond acceptors (Lipinski definition) is 5. The minimum Gasteiger partial charge on any atom is -0.465 e. The Morgan fingerprint density at radius 1 is 1.00 bits per heavy atom. The summed E-state index contributed by atoms with van der Waals surface area (Å²) < 4.78 is 22.8. The van der Waals surface area contributed by atoms with E-state index in [4.69, 9.17) is 18.0 Å². The van der Waals surface area contributed by atoms with Crippen LogP contribution in [0.1, 0.15) is 45.6 Å². The van der Waals surface area contributed by atoms with Crippen molar-refractivity contribution in [3.63, 3.8) is 0 Å². The number of ether oxygens (including phenoxy) is 1. The second-order valence-electron chi connectivity index (χ2n) is 5.39. The SMILES string of the molecule is CCO[Si](CCCOC(=O)C(C)c1ccccc1)(OCC)OCC. The third kappa shape index (κ3) is 6.73. The molecule has 0 amide bonds. The average molecular weight is 355 g/mol. The molecule has 1 rings (SSSR count). The lowest BCUT2D eigenvalue weighted by Crippen LogP contribution is -2.46. The molecule has 0 aliphatic rings. The molecule has 5 nitrogen and oxygen atoms in total. The fourth-order valence-corrected chi connectivity index (χ4v) is 5.05. The van der Waals surface area contributed by atoms with Crippen LogP contribution < -0.4 is 0 Å². The van der Waals surface area contributed by atoms with Gasteiger partial charge in [-0.1, -0.05) is 30.3 Å². The molecule has 6 heteroatoms. The zero-order valence-corrected chi connectivity index (χ0v) is 16.2. The van der Waals surface area contributed by atoms with E-state index in [1.165, 1.54) is 0 Å². The summed E-state index contributed by atoms with van der Waals surface area (Å²) in [6, 6.07) is 10.3. The van der Waals surface area contributed by atoms with Crippen molar-refractivity contribution in [3.8, 4) is 0 Å². The van der Waals surface area contributed by atoms with Gasteiger partial charge in [-0.2, -0.15) is 0 Å². The van der Waals surface area contributed by atoms with E-state index in [2.05, 4.69) is 0 Å². The molecule has 0 N–H and O–H groups in total. The number of carbonyl (C=O) groups excluding carboxylic acids is 1. The molecule has 0 aliphatic carbocycles. The van der Waals surface area contributed by atoms with Gasteiger partial charge in [-0.05, 0) is 39.7 Å². The van der Waals surface area contributed by atoms with E-state index >= 15 is 0 Å². The first-order valence-corrected chi connectivity index (χ1v) is 10.6. The van der Waals surface area contributed by atoms with Gasteiger partial charge in [0.1, 0.15) is 0 Å². The van der Waals surface area contributed by atoms with Crippen LogP contribution in [0, 0.1) is 0 Å². The lowest BCUT2D eigenvalue weighted by Gasteiger charge is -2.28. The molecular weight excluding hydrogens is 324 g/mol. The maximum Gasteiger partial charge on any atom is 0.501 e. The molecule has 0 spiro atoms. The third-order valence-electron chi connectivity index (χ3n) is 3.62. The minimum atomic E-state index is -2.65. The Hall–Kier alpha value is -1.21. The van der Waals surface area contributed by atoms with E-state index in [0.29, 0.717) is 38.9 Å². The maximum atomic E-state index is 12.1. The monoisotopic (exact) mass is 354 g/mol. The highest BCUT2D eigenvalue weighted by Gasteiger charge is 2.39. The van der Waals surface area contributed by atoms with Crippen molar-refractivity contribution in [2.45, 2.75) is 46.1 Å². The van der Waals surface area contributed by atoms with Crippen molar-refractivity contribution in [2.24, 2.45) is 0 Å². The zero-order valence-electron chi connectivity index (χ0n) is 15.2. The summed E-state index contributed by atoms with van der Waals surface area (Å²) in [5, 5.41) is 0. The molecule has 0 heterocycles. The molecule has 1 unspecified atom stereocenters. The molecule has 24 heavy (non-hydrogen) atoms. The quantitative estimate of drug-likeness (QED) is 0.325. The predicted octanol–water partition coefficient (Wildman–Crippen LogP) is 3.77. The minimum absolute atomic E-state index is 0.210. The molecule has 0 aliphatic heterocycles. The topological polar surface area (TPSA) is 54.0 Å². The highest BCUT2D eigenvalue weighted by Crippen LogP contribution is 2.20. The normalized spacial score (nSPS) is 12.8. The molecule has 1 atom stereocenters. The summed E-state index contributed by atoms with van der Waals surface area (Å²) in [4.78, 5) is 12.1. The molecular formula is C18H30O5Si. The Labute approximate surface area is 146 Å². The van der Waals surface area contributed by atoms with Gasteiger partial charge in [0, 0.05) is 25.9 Å². The summed E-state index contributed by atoms with van der Waals surface area (Å²) >= 11 is 0. The van der Waals surface area contributed by atoms with Gasteiger partial charge >= 0.3 is 14.8 Å². The molecule has 0 radical (unpaired) electrons. The fourth-order valence-electron chi connectivity index (χ4n) is 2.47. The van der Waals surface area contributed by atoms with E-state index in [-0.39, 0.29) is 11.9 Å². The molecule has 0 bridgehead atoms. The molecule has 0 saturated heterocycles. The molecule has 1 aromatic rings. The van der Waals surface area contributed by atoms with Crippen LogP contribution in [-0.2, 0) is 22.8 Å². The third-order valence-corrected chi connectivity index (χ3v) is 6.77. The van der Waals surface area contributed by atoms with Crippen LogP contribution in [0.4, 0.5) is 0 Å². The van der Waals surface area contributed by atoms with Crippen LogP contribution in [-0.4, -0.2) is 41.2 Å². The summed E-state index contributed by atoms with van der Waals surface area (Å²) in [6.07, 6.45) is 0.666. The Morgan fingerprint density at radius 3 is 2.04 bits per heavy atom. The lowest BCUT2D eigenvalue weighted by molar-refractivity contribution is -0.145. The second kappa shape index (κ2) is 11.4. The standard InChI is InChI=1S/C18H30O5Si/c1-5-21-24(22-6-2,23-7-3)15-11-14-20-18(19)16(4)17-12-9-8-10-13-17/h8-10,12-13,16H,5-7,11,14-15H2,1-4H3. The number of rotatable bonds is 12. The Morgan fingerprint density at radius 2 is 1.54 bits per heavy atom. The number of benzene rings is 1. The number of esters is 1. The highest BCUT2D eigenvalue weighted by atomic mass is 28.4. The predicted molar refractivity (Wildman–Crippen MR) is 95.9 cm³/mol. The first-order chi connectivity index (χ1) is 11.6. The summed E-state index contributed by atoms with van der Waals surface area (Å²) in [5.74, 6) is -0.475. The van der Waals surface area contributed by atoms with Gasteiger partial charge in [0.2, 0.25) is 0 Å². The Balaban J connectivity index is 2.45. The van der Waals surface area contributed by atoms with E-state index in [9.17, 15) is 4.79 Å². The zero-order chi connectivity index (χ0) is 17.8. The van der Waals surface area contributed by atoms with E-state index < -0.39 is 8.80 Å². The van der Waals surface area contributed by atoms with Gasteiger partial charge in [0.25, 0.3) is 0 Å². The first kappa shape index (κ1) is 20.8. The lowest BCUT2D eigenvalue weighted by atomic mass is 10.0. The number of carbonyl (C=O) groups is 1. The van der Waals surface area contributed by atoms with E-state index in [1.54, 1.807) is 0 Å². The van der Waals surface area contributed by atoms with Crippen molar-refractivity contribution in [1.82, 2.24) is 0 Å². The maximum absolute atomic E-state index is 12.1. The fraction of sp³-hybridized carbons (Fsp3) is 0.611. The van der Waals surface area contributed by atoms with Crippen LogP contribution in [0.3, 0.4) is 0 Å². The molecule has 136 valence electrons. The van der Waals surface area contributed by atoms with Crippen LogP contribution in [0.25, 0.3) is 0 Å². The van der Waals surface area contributed by atoms with E-state index in [0.717, 1.165) is 5.56 Å². The van der Waals surface area contributed by atoms with Gasteiger partial charge in [0.05, 0.1) is 12.5 Å². The van der Waals surface area contributed by atoms with Crippen LogP contribution >= 0.6 is 0 Å². The van der Waals surface area contributed by atoms with Gasteiger partial charge < -0.3 is 18.0 Å². The molecule has 0 aromatic heterocycles. The van der Waals surface area contributed by atoms with Gasteiger partial charge in [-0.3, -0.25) is 4.79 Å². The van der Waals surface area contributed by atoms with Gasteiger partial charge in [-0.15, -0.1) is 0 Å². The second-order valence-corrected chi connectivity index (χ2v) is 8.12. The van der Waals surface area contributed by atoms with Crippen molar-refractivity contribution in [2.75, 3.05) is 26.4 Å². The molecule has 1 aromatic carbocycles. The average Bonchev–Trinajstić information content (AvgIpc) is 2.59. The van der Waals surface area contributed by atoms with Crippen LogP contribution in [0.2, 0.25) is 6.04 Å². The number of hydrogen-bond donors (Lipinski definition) is 0. The van der Waals surface area contributed by atoms with Crippen molar-refractivity contribution < 1.29 is 22.8 Å². The van der Waals surface area contributed by atoms with Crippen LogP contribution in [0.5, 0.6) is 0 Å². The largest absolute Gasteiger partial charge is 0.501 e. The van der Waals surface area contributed by atoms with E-state index in [1.807, 2.05) is 58.0 Å². The summed E-state index contributed by atoms with van der Waals surface area (Å²) in [5.41, 5.74) is 0.962. The smallest absolute Gasteiger partial charge is 0.465 e. The molecule has 0 fully saturated rings.